The summed E-state index contributed by atoms with van der Waals surface area (Å²) in [5.41, 5.74) is 0.501. The van der Waals surface area contributed by atoms with Gasteiger partial charge in [0.15, 0.2) is 5.78 Å². The van der Waals surface area contributed by atoms with Crippen molar-refractivity contribution in [2.75, 3.05) is 19.8 Å². The Morgan fingerprint density at radius 2 is 2.17 bits per heavy atom. The molecule has 0 amide bonds. The van der Waals surface area contributed by atoms with E-state index in [1.807, 2.05) is 6.92 Å². The highest BCUT2D eigenvalue weighted by Gasteiger charge is 2.08. The summed E-state index contributed by atoms with van der Waals surface area (Å²) in [5, 5.41) is 0. The summed E-state index contributed by atoms with van der Waals surface area (Å²) in [6, 6.07) is 6.78. The van der Waals surface area contributed by atoms with E-state index < -0.39 is 13.0 Å². The predicted octanol–water partition coefficient (Wildman–Crippen LogP) is 2.94. The zero-order valence-electron chi connectivity index (χ0n) is 10.2. The highest BCUT2D eigenvalue weighted by Crippen LogP contribution is 2.14. The number of ketones is 1. The fourth-order valence-corrected chi connectivity index (χ4v) is 1.41. The van der Waals surface area contributed by atoms with Crippen LogP contribution in [0.4, 0.5) is 8.78 Å². The third kappa shape index (κ3) is 5.23. The molecule has 0 heterocycles. The summed E-state index contributed by atoms with van der Waals surface area (Å²) in [4.78, 5) is 11.7. The molecule has 18 heavy (non-hydrogen) atoms. The van der Waals surface area contributed by atoms with Crippen molar-refractivity contribution in [3.8, 4) is 5.75 Å². The Hall–Kier alpha value is -1.49. The van der Waals surface area contributed by atoms with Gasteiger partial charge < -0.3 is 9.47 Å². The Kier molecular flexibility index (Phi) is 6.28. The number of Topliss-reactive ketones (excluding diaryl/α,β-unsaturated/α-hetero) is 1. The Morgan fingerprint density at radius 1 is 1.39 bits per heavy atom. The summed E-state index contributed by atoms with van der Waals surface area (Å²) in [6.45, 7) is 1.75. The summed E-state index contributed by atoms with van der Waals surface area (Å²) < 4.78 is 33.5. The maximum Gasteiger partial charge on any atom is 0.261 e. The first-order chi connectivity index (χ1) is 8.63. The van der Waals surface area contributed by atoms with Gasteiger partial charge in [0.05, 0.1) is 13.2 Å². The van der Waals surface area contributed by atoms with Gasteiger partial charge >= 0.3 is 0 Å². The number of benzene rings is 1. The molecule has 0 fully saturated rings. The monoisotopic (exact) mass is 258 g/mol. The normalized spacial score (nSPS) is 10.7. The van der Waals surface area contributed by atoms with Crippen LogP contribution in [0, 0.1) is 0 Å². The largest absolute Gasteiger partial charge is 0.494 e. The quantitative estimate of drug-likeness (QED) is 0.531. The Labute approximate surface area is 105 Å². The lowest BCUT2D eigenvalue weighted by atomic mass is 10.1. The second kappa shape index (κ2) is 7.76. The molecular weight excluding hydrogens is 242 g/mol. The highest BCUT2D eigenvalue weighted by atomic mass is 19.3. The van der Waals surface area contributed by atoms with E-state index in [0.717, 1.165) is 0 Å². The van der Waals surface area contributed by atoms with Crippen LogP contribution in [0.5, 0.6) is 5.75 Å². The molecule has 0 saturated carbocycles. The minimum absolute atomic E-state index is 0.00202. The first kappa shape index (κ1) is 14.6. The summed E-state index contributed by atoms with van der Waals surface area (Å²) in [6.07, 6.45) is -2.41. The van der Waals surface area contributed by atoms with Gasteiger partial charge in [-0.3, -0.25) is 4.79 Å². The van der Waals surface area contributed by atoms with Crippen molar-refractivity contribution >= 4 is 5.78 Å². The zero-order chi connectivity index (χ0) is 13.4. The molecule has 0 radical (unpaired) electrons. The highest BCUT2D eigenvalue weighted by molar-refractivity contribution is 5.96. The third-order valence-electron chi connectivity index (χ3n) is 2.18. The molecule has 0 bridgehead atoms. The first-order valence-electron chi connectivity index (χ1n) is 5.75. The Morgan fingerprint density at radius 3 is 2.83 bits per heavy atom. The predicted molar refractivity (Wildman–Crippen MR) is 63.4 cm³/mol. The van der Waals surface area contributed by atoms with E-state index in [1.165, 1.54) is 0 Å². The number of hydrogen-bond donors (Lipinski definition) is 0. The zero-order valence-corrected chi connectivity index (χ0v) is 10.2. The third-order valence-corrected chi connectivity index (χ3v) is 2.18. The first-order valence-corrected chi connectivity index (χ1v) is 5.75. The van der Waals surface area contributed by atoms with E-state index in [0.29, 0.717) is 17.9 Å². The van der Waals surface area contributed by atoms with E-state index in [4.69, 9.17) is 4.74 Å². The molecule has 5 heteroatoms. The molecule has 0 saturated heterocycles. The van der Waals surface area contributed by atoms with E-state index >= 15 is 0 Å². The van der Waals surface area contributed by atoms with Crippen molar-refractivity contribution in [1.29, 1.82) is 0 Å². The number of carbonyl (C=O) groups excluding carboxylic acids is 1. The molecule has 1 rings (SSSR count). The second-order valence-electron chi connectivity index (χ2n) is 3.60. The van der Waals surface area contributed by atoms with Gasteiger partial charge in [0, 0.05) is 12.0 Å². The molecule has 100 valence electrons. The maximum absolute atomic E-state index is 11.8. The van der Waals surface area contributed by atoms with Gasteiger partial charge in [0.25, 0.3) is 6.43 Å². The Balaban J connectivity index is 2.43. The van der Waals surface area contributed by atoms with Crippen LogP contribution in [0.1, 0.15) is 23.7 Å². The van der Waals surface area contributed by atoms with Crippen LogP contribution < -0.4 is 4.74 Å². The molecule has 3 nitrogen and oxygen atoms in total. The van der Waals surface area contributed by atoms with Gasteiger partial charge in [-0.2, -0.15) is 0 Å². The van der Waals surface area contributed by atoms with Crippen molar-refractivity contribution in [2.45, 2.75) is 19.8 Å². The molecular formula is C13H16F2O3. The van der Waals surface area contributed by atoms with Crippen molar-refractivity contribution in [2.24, 2.45) is 0 Å². The number of ether oxygens (including phenoxy) is 2. The average Bonchev–Trinajstić information content (AvgIpc) is 2.35. The minimum atomic E-state index is -2.50. The number of halogens is 2. The average molecular weight is 258 g/mol. The van der Waals surface area contributed by atoms with E-state index in [1.54, 1.807) is 24.3 Å². The standard InChI is InChI=1S/C13H16F2O3/c1-2-18-11-5-3-4-10(8-11)12(16)6-7-17-9-13(14)15/h3-5,8,13H,2,6-7,9H2,1H3. The van der Waals surface area contributed by atoms with Crippen LogP contribution in [0.3, 0.4) is 0 Å². The number of hydrogen-bond acceptors (Lipinski definition) is 3. The fraction of sp³-hybridized carbons (Fsp3) is 0.462. The van der Waals surface area contributed by atoms with Crippen LogP contribution in [0.2, 0.25) is 0 Å². The Bertz CT molecular complexity index is 380. The summed E-state index contributed by atoms with van der Waals surface area (Å²) >= 11 is 0. The topological polar surface area (TPSA) is 35.5 Å². The number of rotatable bonds is 8. The molecule has 1 aromatic carbocycles. The molecule has 0 N–H and O–H groups in total. The summed E-state index contributed by atoms with van der Waals surface area (Å²) in [7, 11) is 0. The van der Waals surface area contributed by atoms with Crippen LogP contribution >= 0.6 is 0 Å². The number of alkyl halides is 2. The molecule has 0 aliphatic heterocycles. The van der Waals surface area contributed by atoms with E-state index in [9.17, 15) is 13.6 Å². The molecule has 1 aromatic rings. The molecule has 0 spiro atoms. The molecule has 0 aliphatic carbocycles. The molecule has 0 unspecified atom stereocenters. The van der Waals surface area contributed by atoms with E-state index in [2.05, 4.69) is 4.74 Å². The van der Waals surface area contributed by atoms with E-state index in [-0.39, 0.29) is 18.8 Å². The van der Waals surface area contributed by atoms with Gasteiger partial charge in [-0.15, -0.1) is 0 Å². The van der Waals surface area contributed by atoms with Crippen molar-refractivity contribution < 1.29 is 23.0 Å². The van der Waals surface area contributed by atoms with Crippen molar-refractivity contribution in [3.63, 3.8) is 0 Å². The van der Waals surface area contributed by atoms with Gasteiger partial charge in [-0.25, -0.2) is 8.78 Å². The molecule has 0 atom stereocenters. The van der Waals surface area contributed by atoms with Gasteiger partial charge in [-0.1, -0.05) is 12.1 Å². The van der Waals surface area contributed by atoms with Crippen LogP contribution in [-0.4, -0.2) is 32.0 Å². The van der Waals surface area contributed by atoms with Crippen molar-refractivity contribution in [1.82, 2.24) is 0 Å². The van der Waals surface area contributed by atoms with Crippen LogP contribution in [0.25, 0.3) is 0 Å². The lowest BCUT2D eigenvalue weighted by Gasteiger charge is -2.06. The lowest BCUT2D eigenvalue weighted by molar-refractivity contribution is 0.0170. The van der Waals surface area contributed by atoms with Gasteiger partial charge in [-0.05, 0) is 19.1 Å². The van der Waals surface area contributed by atoms with Crippen LogP contribution in [-0.2, 0) is 4.74 Å². The fourth-order valence-electron chi connectivity index (χ4n) is 1.41. The van der Waals surface area contributed by atoms with Crippen molar-refractivity contribution in [3.05, 3.63) is 29.8 Å². The SMILES string of the molecule is CCOc1cccc(C(=O)CCOCC(F)F)c1. The smallest absolute Gasteiger partial charge is 0.261 e. The summed E-state index contributed by atoms with van der Waals surface area (Å²) in [5.74, 6) is 0.475. The molecule has 0 aromatic heterocycles. The second-order valence-corrected chi connectivity index (χ2v) is 3.60. The van der Waals surface area contributed by atoms with Gasteiger partial charge in [0.1, 0.15) is 12.4 Å². The lowest BCUT2D eigenvalue weighted by Crippen LogP contribution is -2.09. The van der Waals surface area contributed by atoms with Crippen LogP contribution in [0.15, 0.2) is 24.3 Å². The number of carbonyl (C=O) groups is 1. The van der Waals surface area contributed by atoms with Gasteiger partial charge in [0.2, 0.25) is 0 Å². The minimum Gasteiger partial charge on any atom is -0.494 e. The molecule has 0 aliphatic rings. The maximum atomic E-state index is 11.8.